The maximum Gasteiger partial charge on any atom is 0.410 e. The first-order valence-electron chi connectivity index (χ1n) is 14.8. The molecule has 3 fully saturated rings. The van der Waals surface area contributed by atoms with Crippen LogP contribution < -0.4 is 16.0 Å². The van der Waals surface area contributed by atoms with Crippen molar-refractivity contribution in [3.8, 4) is 0 Å². The number of benzene rings is 1. The fraction of sp³-hybridized carbons (Fsp3) is 0.600. The van der Waals surface area contributed by atoms with Crippen molar-refractivity contribution >= 4 is 23.5 Å². The Morgan fingerprint density at radius 1 is 1.12 bits per heavy atom. The van der Waals surface area contributed by atoms with Gasteiger partial charge in [-0.25, -0.2) is 4.79 Å². The zero-order valence-corrected chi connectivity index (χ0v) is 24.0. The molecule has 4 amide bonds. The molecule has 2 heterocycles. The van der Waals surface area contributed by atoms with Crippen LogP contribution in [0.1, 0.15) is 80.5 Å². The molecule has 0 radical (unpaired) electrons. The van der Waals surface area contributed by atoms with Gasteiger partial charge in [-0.3, -0.25) is 14.3 Å². The molecule has 3 aliphatic carbocycles. The van der Waals surface area contributed by atoms with Gasteiger partial charge in [0.2, 0.25) is 5.91 Å². The number of nitrogens with one attached hydrogen (secondary N) is 3. The van der Waals surface area contributed by atoms with Gasteiger partial charge in [0.05, 0.1) is 12.1 Å². The van der Waals surface area contributed by atoms with Gasteiger partial charge in [-0.2, -0.15) is 18.3 Å². The first-order chi connectivity index (χ1) is 19.9. The van der Waals surface area contributed by atoms with Crippen molar-refractivity contribution in [3.05, 3.63) is 47.3 Å². The average Bonchev–Trinajstić information content (AvgIpc) is 3.82. The summed E-state index contributed by atoms with van der Waals surface area (Å²) in [4.78, 5) is 41.1. The predicted molar refractivity (Wildman–Crippen MR) is 149 cm³/mol. The molecule has 3 N–H and O–H groups in total. The summed E-state index contributed by atoms with van der Waals surface area (Å²) in [5.74, 6) is 0.235. The van der Waals surface area contributed by atoms with E-state index in [-0.39, 0.29) is 23.8 Å². The van der Waals surface area contributed by atoms with E-state index in [2.05, 4.69) is 21.0 Å². The maximum atomic E-state index is 13.8. The molecule has 9 nitrogen and oxygen atoms in total. The van der Waals surface area contributed by atoms with Gasteiger partial charge in [0.1, 0.15) is 17.8 Å². The lowest BCUT2D eigenvalue weighted by molar-refractivity contribution is -0.150. The lowest BCUT2D eigenvalue weighted by Gasteiger charge is -2.35. The summed E-state index contributed by atoms with van der Waals surface area (Å²) in [6.45, 7) is 5.22. The summed E-state index contributed by atoms with van der Waals surface area (Å²) < 4.78 is 41.6. The first-order valence-corrected chi connectivity index (χ1v) is 14.8. The molecular weight excluding hydrogens is 549 g/mol. The molecule has 2 saturated carbocycles. The highest BCUT2D eigenvalue weighted by molar-refractivity contribution is 6.01. The summed E-state index contributed by atoms with van der Waals surface area (Å²) in [6.07, 6.45) is 2.27. The van der Waals surface area contributed by atoms with Gasteiger partial charge in [0.25, 0.3) is 5.91 Å². The van der Waals surface area contributed by atoms with E-state index in [0.29, 0.717) is 36.1 Å². The second-order valence-corrected chi connectivity index (χ2v) is 12.7. The lowest BCUT2D eigenvalue weighted by atomic mass is 9.88. The van der Waals surface area contributed by atoms with Crippen molar-refractivity contribution in [1.82, 2.24) is 25.3 Å². The summed E-state index contributed by atoms with van der Waals surface area (Å²) in [5.41, 5.74) is 1.73. The number of anilines is 1. The minimum Gasteiger partial charge on any atom is -0.339 e. The van der Waals surface area contributed by atoms with Crippen LogP contribution in [-0.2, 0) is 16.8 Å². The number of rotatable bonds is 9. The zero-order chi connectivity index (χ0) is 30.0. The molecule has 42 heavy (non-hydrogen) atoms. The maximum absolute atomic E-state index is 13.8. The van der Waals surface area contributed by atoms with Crippen LogP contribution in [0, 0.1) is 17.8 Å². The number of carbonyl (C=O) groups excluding carboxylic acids is 3. The van der Waals surface area contributed by atoms with Crippen LogP contribution in [0.4, 0.5) is 23.7 Å². The topological polar surface area (TPSA) is 108 Å². The van der Waals surface area contributed by atoms with Gasteiger partial charge in [0.15, 0.2) is 0 Å². The van der Waals surface area contributed by atoms with E-state index < -0.39 is 36.4 Å². The number of hydrogen-bond donors (Lipinski definition) is 3. The number of aromatic nitrogens is 2. The largest absolute Gasteiger partial charge is 0.410 e. The Balaban J connectivity index is 1.21. The van der Waals surface area contributed by atoms with Crippen LogP contribution in [0.5, 0.6) is 0 Å². The van der Waals surface area contributed by atoms with E-state index in [4.69, 9.17) is 0 Å². The SMILES string of the molecule is CC(C)n1nccc1C(=O)N[C@H](C(=O)Nc1ccc2c(c1)CCC2(C)N1C[C@@H](C(F)(F)F)NC1=O)C(C1CC1)C1CC1. The minimum absolute atomic E-state index is 0.0150. The number of carbonyl (C=O) groups is 3. The number of halogens is 3. The second kappa shape index (κ2) is 10.3. The molecule has 2 aromatic rings. The Bertz CT molecular complexity index is 1390. The van der Waals surface area contributed by atoms with E-state index in [1.807, 2.05) is 19.9 Å². The van der Waals surface area contributed by atoms with Gasteiger partial charge < -0.3 is 20.9 Å². The Morgan fingerprint density at radius 3 is 2.40 bits per heavy atom. The minimum atomic E-state index is -4.52. The quantitative estimate of drug-likeness (QED) is 0.394. The fourth-order valence-corrected chi connectivity index (χ4v) is 6.91. The Kier molecular flexibility index (Phi) is 7.00. The van der Waals surface area contributed by atoms with Crippen LogP contribution in [0.2, 0.25) is 0 Å². The van der Waals surface area contributed by atoms with Crippen LogP contribution in [0.15, 0.2) is 30.5 Å². The van der Waals surface area contributed by atoms with Gasteiger partial charge in [-0.1, -0.05) is 6.07 Å². The molecule has 1 aromatic heterocycles. The molecule has 226 valence electrons. The van der Waals surface area contributed by atoms with Gasteiger partial charge in [-0.05, 0) is 106 Å². The predicted octanol–water partition coefficient (Wildman–Crippen LogP) is 4.75. The summed E-state index contributed by atoms with van der Waals surface area (Å²) in [6, 6.07) is 3.66. The third kappa shape index (κ3) is 5.24. The number of hydrogen-bond acceptors (Lipinski definition) is 4. The molecule has 3 atom stereocenters. The van der Waals surface area contributed by atoms with Gasteiger partial charge >= 0.3 is 12.2 Å². The van der Waals surface area contributed by atoms with Crippen molar-refractivity contribution in [3.63, 3.8) is 0 Å². The van der Waals surface area contributed by atoms with E-state index in [0.717, 1.165) is 36.8 Å². The molecule has 1 aromatic carbocycles. The number of alkyl halides is 3. The second-order valence-electron chi connectivity index (χ2n) is 12.7. The van der Waals surface area contributed by atoms with Crippen molar-refractivity contribution in [1.29, 1.82) is 0 Å². The third-order valence-electron chi connectivity index (χ3n) is 9.41. The molecule has 1 aliphatic heterocycles. The first kappa shape index (κ1) is 28.5. The van der Waals surface area contributed by atoms with E-state index in [1.54, 1.807) is 36.0 Å². The van der Waals surface area contributed by atoms with Crippen molar-refractivity contribution in [2.45, 2.75) is 89.1 Å². The number of urea groups is 1. The molecule has 12 heteroatoms. The number of fused-ring (bicyclic) bond motifs is 1. The van der Waals surface area contributed by atoms with E-state index >= 15 is 0 Å². The molecule has 1 unspecified atom stereocenters. The Labute approximate surface area is 242 Å². The lowest BCUT2D eigenvalue weighted by Crippen LogP contribution is -2.50. The smallest absolute Gasteiger partial charge is 0.339 e. The summed E-state index contributed by atoms with van der Waals surface area (Å²) in [5, 5.41) is 12.4. The van der Waals surface area contributed by atoms with Crippen molar-refractivity contribution in [2.75, 3.05) is 11.9 Å². The number of amides is 4. The Hall–Kier alpha value is -3.57. The highest BCUT2D eigenvalue weighted by atomic mass is 19.4. The van der Waals surface area contributed by atoms with Gasteiger partial charge in [0, 0.05) is 17.9 Å². The summed E-state index contributed by atoms with van der Waals surface area (Å²) >= 11 is 0. The third-order valence-corrected chi connectivity index (χ3v) is 9.41. The van der Waals surface area contributed by atoms with Crippen LogP contribution in [-0.4, -0.2) is 57.3 Å². The zero-order valence-electron chi connectivity index (χ0n) is 24.0. The molecule has 1 saturated heterocycles. The van der Waals surface area contributed by atoms with Crippen LogP contribution >= 0.6 is 0 Å². The molecule has 0 spiro atoms. The van der Waals surface area contributed by atoms with E-state index in [1.165, 1.54) is 4.90 Å². The molecule has 6 rings (SSSR count). The monoisotopic (exact) mass is 586 g/mol. The average molecular weight is 587 g/mol. The normalized spacial score (nSPS) is 24.6. The highest BCUT2D eigenvalue weighted by Crippen LogP contribution is 2.51. The standard InChI is InChI=1S/C30H37F3N6O3/c1-16(2)39-22(11-13-34-39)26(40)37-25(24(17-4-5-17)18-6-7-18)27(41)35-20-8-9-21-19(14-20)10-12-29(21,3)38-15-23(30(31,32)33)36-28(38)42/h8-9,11,13-14,16-18,23-25H,4-7,10,12,15H2,1-3H3,(H,35,41)(H,36,42)(H,37,40)/t23-,25-,29?/m0/s1. The van der Waals surface area contributed by atoms with Gasteiger partial charge in [-0.15, -0.1) is 0 Å². The highest BCUT2D eigenvalue weighted by Gasteiger charge is 2.53. The Morgan fingerprint density at radius 2 is 1.81 bits per heavy atom. The van der Waals surface area contributed by atoms with Crippen molar-refractivity contribution in [2.24, 2.45) is 17.8 Å². The molecule has 4 aliphatic rings. The van der Waals surface area contributed by atoms with E-state index in [9.17, 15) is 27.6 Å². The molecular formula is C30H37F3N6O3. The number of aryl methyl sites for hydroxylation is 1. The molecule has 0 bridgehead atoms. The van der Waals surface area contributed by atoms with Crippen LogP contribution in [0.25, 0.3) is 0 Å². The fourth-order valence-electron chi connectivity index (χ4n) is 6.91. The van der Waals surface area contributed by atoms with Crippen LogP contribution in [0.3, 0.4) is 0 Å². The summed E-state index contributed by atoms with van der Waals surface area (Å²) in [7, 11) is 0. The van der Waals surface area contributed by atoms with Crippen molar-refractivity contribution < 1.29 is 27.6 Å². The number of nitrogens with zero attached hydrogens (tertiary/aromatic N) is 3.